The summed E-state index contributed by atoms with van der Waals surface area (Å²) in [5, 5.41) is 10.1. The van der Waals surface area contributed by atoms with Gasteiger partial charge in [0.25, 0.3) is 0 Å². The second-order valence-corrected chi connectivity index (χ2v) is 7.95. The monoisotopic (exact) mass is 417 g/mol. The fourth-order valence-corrected chi connectivity index (χ4v) is 3.81. The molecule has 2 rings (SSSR count). The number of carbonyl (C=O) groups excluding carboxylic acids is 1. The Bertz CT molecular complexity index is 904. The van der Waals surface area contributed by atoms with Gasteiger partial charge in [-0.05, 0) is 62.2 Å². The zero-order valence-electron chi connectivity index (χ0n) is 16.6. The summed E-state index contributed by atoms with van der Waals surface area (Å²) in [5.41, 5.74) is 20.1. The van der Waals surface area contributed by atoms with Crippen molar-refractivity contribution in [1.82, 2.24) is 9.97 Å². The van der Waals surface area contributed by atoms with E-state index in [1.165, 1.54) is 11.8 Å². The van der Waals surface area contributed by atoms with E-state index >= 15 is 0 Å². The first-order chi connectivity index (χ1) is 13.7. The van der Waals surface area contributed by atoms with Crippen molar-refractivity contribution >= 4 is 29.5 Å². The molecule has 0 amide bonds. The number of anilines is 1. The SMILES string of the molecule is Cc1cc(C)c(-c2cc(SCCCC(=O)C(N)CCN)nc(N)n2)cc1C(=O)O. The summed E-state index contributed by atoms with van der Waals surface area (Å²) < 4.78 is 0. The van der Waals surface area contributed by atoms with Crippen LogP contribution in [0.15, 0.2) is 23.2 Å². The summed E-state index contributed by atoms with van der Waals surface area (Å²) in [7, 11) is 0. The second kappa shape index (κ2) is 10.3. The number of aryl methyl sites for hydroxylation is 2. The number of benzene rings is 1. The van der Waals surface area contributed by atoms with Gasteiger partial charge in [0.2, 0.25) is 5.95 Å². The molecule has 2 aromatic rings. The van der Waals surface area contributed by atoms with E-state index in [1.807, 2.05) is 13.0 Å². The van der Waals surface area contributed by atoms with E-state index in [-0.39, 0.29) is 17.3 Å². The number of Topliss-reactive ketones (excluding diaryl/α,β-unsaturated/α-hetero) is 1. The van der Waals surface area contributed by atoms with E-state index in [0.29, 0.717) is 53.4 Å². The number of carboxylic acid groups (broad SMARTS) is 1. The number of thioether (sulfide) groups is 1. The highest BCUT2D eigenvalue weighted by molar-refractivity contribution is 7.99. The fourth-order valence-electron chi connectivity index (χ4n) is 2.96. The Morgan fingerprint density at radius 3 is 2.55 bits per heavy atom. The molecular weight excluding hydrogens is 390 g/mol. The number of carbonyl (C=O) groups is 2. The predicted molar refractivity (Wildman–Crippen MR) is 115 cm³/mol. The van der Waals surface area contributed by atoms with Crippen LogP contribution < -0.4 is 17.2 Å². The number of nitrogens with two attached hydrogens (primary N) is 3. The minimum absolute atomic E-state index is 0.00965. The quantitative estimate of drug-likeness (QED) is 0.258. The predicted octanol–water partition coefficient (Wildman–Crippen LogP) is 2.16. The van der Waals surface area contributed by atoms with Crippen LogP contribution in [0.5, 0.6) is 0 Å². The summed E-state index contributed by atoms with van der Waals surface area (Å²) in [4.78, 5) is 31.9. The molecule has 0 bridgehead atoms. The third-order valence-electron chi connectivity index (χ3n) is 4.51. The number of nitrogens with zero attached hydrogens (tertiary/aromatic N) is 2. The van der Waals surface area contributed by atoms with Gasteiger partial charge in [0.15, 0.2) is 0 Å². The smallest absolute Gasteiger partial charge is 0.335 e. The van der Waals surface area contributed by atoms with Gasteiger partial charge in [-0.3, -0.25) is 4.79 Å². The van der Waals surface area contributed by atoms with E-state index in [2.05, 4.69) is 9.97 Å². The van der Waals surface area contributed by atoms with Crippen molar-refractivity contribution in [3.63, 3.8) is 0 Å². The molecule has 0 aliphatic carbocycles. The molecule has 0 spiro atoms. The topological polar surface area (TPSA) is 158 Å². The van der Waals surface area contributed by atoms with Gasteiger partial charge in [-0.15, -0.1) is 11.8 Å². The first-order valence-corrected chi connectivity index (χ1v) is 10.3. The minimum atomic E-state index is -0.988. The lowest BCUT2D eigenvalue weighted by Gasteiger charge is -2.11. The molecule has 0 saturated carbocycles. The fraction of sp³-hybridized carbons (Fsp3) is 0.400. The summed E-state index contributed by atoms with van der Waals surface area (Å²) >= 11 is 1.46. The third-order valence-corrected chi connectivity index (χ3v) is 5.50. The van der Waals surface area contributed by atoms with Crippen LogP contribution in [0.25, 0.3) is 11.3 Å². The third kappa shape index (κ3) is 6.25. The van der Waals surface area contributed by atoms with Crippen molar-refractivity contribution in [2.75, 3.05) is 18.0 Å². The van der Waals surface area contributed by atoms with Crippen molar-refractivity contribution in [3.8, 4) is 11.3 Å². The number of aromatic carboxylic acids is 1. The Kier molecular flexibility index (Phi) is 8.12. The number of hydrogen-bond donors (Lipinski definition) is 4. The molecule has 0 aliphatic heterocycles. The Morgan fingerprint density at radius 2 is 1.90 bits per heavy atom. The van der Waals surface area contributed by atoms with E-state index in [0.717, 1.165) is 5.56 Å². The van der Waals surface area contributed by atoms with Gasteiger partial charge >= 0.3 is 5.97 Å². The molecule has 1 aromatic heterocycles. The molecule has 1 atom stereocenters. The highest BCUT2D eigenvalue weighted by atomic mass is 32.2. The van der Waals surface area contributed by atoms with Crippen molar-refractivity contribution in [2.24, 2.45) is 11.5 Å². The molecule has 0 fully saturated rings. The van der Waals surface area contributed by atoms with Crippen molar-refractivity contribution < 1.29 is 14.7 Å². The highest BCUT2D eigenvalue weighted by Crippen LogP contribution is 2.29. The van der Waals surface area contributed by atoms with Crippen LogP contribution in [-0.2, 0) is 4.79 Å². The number of nitrogen functional groups attached to an aromatic ring is 1. The first-order valence-electron chi connectivity index (χ1n) is 9.33. The number of carboxylic acids is 1. The number of rotatable bonds is 10. The van der Waals surface area contributed by atoms with Gasteiger partial charge in [-0.2, -0.15) is 0 Å². The summed E-state index contributed by atoms with van der Waals surface area (Å²) in [6.07, 6.45) is 1.54. The van der Waals surface area contributed by atoms with Crippen LogP contribution in [0, 0.1) is 13.8 Å². The molecule has 1 heterocycles. The molecule has 156 valence electrons. The van der Waals surface area contributed by atoms with Crippen LogP contribution in [-0.4, -0.2) is 45.2 Å². The lowest BCUT2D eigenvalue weighted by atomic mass is 9.98. The largest absolute Gasteiger partial charge is 0.478 e. The zero-order chi connectivity index (χ0) is 21.6. The van der Waals surface area contributed by atoms with Gasteiger partial charge in [-0.1, -0.05) is 6.07 Å². The zero-order valence-corrected chi connectivity index (χ0v) is 17.5. The van der Waals surface area contributed by atoms with Gasteiger partial charge in [0, 0.05) is 12.0 Å². The van der Waals surface area contributed by atoms with Crippen molar-refractivity contribution in [1.29, 1.82) is 0 Å². The number of aromatic nitrogens is 2. The van der Waals surface area contributed by atoms with E-state index in [9.17, 15) is 14.7 Å². The average molecular weight is 418 g/mol. The van der Waals surface area contributed by atoms with Gasteiger partial charge < -0.3 is 22.3 Å². The maximum Gasteiger partial charge on any atom is 0.335 e. The van der Waals surface area contributed by atoms with Crippen LogP contribution in [0.3, 0.4) is 0 Å². The lowest BCUT2D eigenvalue weighted by molar-refractivity contribution is -0.120. The van der Waals surface area contributed by atoms with Gasteiger partial charge in [-0.25, -0.2) is 14.8 Å². The second-order valence-electron chi connectivity index (χ2n) is 6.84. The molecule has 1 unspecified atom stereocenters. The van der Waals surface area contributed by atoms with E-state index in [4.69, 9.17) is 17.2 Å². The summed E-state index contributed by atoms with van der Waals surface area (Å²) in [6.45, 7) is 4.05. The maximum atomic E-state index is 11.9. The molecule has 0 saturated heterocycles. The number of ketones is 1. The van der Waals surface area contributed by atoms with Crippen LogP contribution in [0.2, 0.25) is 0 Å². The molecule has 1 aromatic carbocycles. The Balaban J connectivity index is 2.12. The summed E-state index contributed by atoms with van der Waals surface area (Å²) in [6, 6.07) is 4.71. The molecule has 9 heteroatoms. The molecule has 29 heavy (non-hydrogen) atoms. The van der Waals surface area contributed by atoms with Crippen LogP contribution in [0.1, 0.15) is 40.7 Å². The molecule has 7 N–H and O–H groups in total. The van der Waals surface area contributed by atoms with Gasteiger partial charge in [0.1, 0.15) is 10.8 Å². The van der Waals surface area contributed by atoms with E-state index < -0.39 is 12.0 Å². The highest BCUT2D eigenvalue weighted by Gasteiger charge is 2.15. The number of hydrogen-bond acceptors (Lipinski definition) is 8. The van der Waals surface area contributed by atoms with Crippen molar-refractivity contribution in [2.45, 2.75) is 44.2 Å². The molecular formula is C20H27N5O3S. The van der Waals surface area contributed by atoms with Gasteiger partial charge in [0.05, 0.1) is 17.3 Å². The summed E-state index contributed by atoms with van der Waals surface area (Å²) in [5.74, 6) is -0.194. The maximum absolute atomic E-state index is 11.9. The Labute approximate surface area is 174 Å². The first kappa shape index (κ1) is 22.8. The van der Waals surface area contributed by atoms with Crippen LogP contribution >= 0.6 is 11.8 Å². The van der Waals surface area contributed by atoms with E-state index in [1.54, 1.807) is 19.1 Å². The lowest BCUT2D eigenvalue weighted by Crippen LogP contribution is -2.32. The average Bonchev–Trinajstić information content (AvgIpc) is 2.64. The standard InChI is InChI=1S/C20H27N5O3S/c1-11-8-12(2)14(19(27)28)9-13(11)16-10-18(25-20(23)24-16)29-7-3-4-17(26)15(22)5-6-21/h8-10,15H,3-7,21-22H2,1-2H3,(H,27,28)(H2,23,24,25). The molecule has 0 aliphatic rings. The minimum Gasteiger partial charge on any atom is -0.478 e. The Hall–Kier alpha value is -2.49. The molecule has 8 nitrogen and oxygen atoms in total. The van der Waals surface area contributed by atoms with Crippen molar-refractivity contribution in [3.05, 3.63) is 34.9 Å². The molecule has 0 radical (unpaired) electrons. The Morgan fingerprint density at radius 1 is 1.17 bits per heavy atom. The normalized spacial score (nSPS) is 12.0. The van der Waals surface area contributed by atoms with Crippen LogP contribution in [0.4, 0.5) is 5.95 Å².